The molecular formula is C28H35FN4O2. The zero-order chi connectivity index (χ0) is 24.4. The maximum Gasteiger partial charge on any atom is 0.231 e. The largest absolute Gasteiger partial charge is 0.454 e. The molecule has 2 aromatic carbocycles. The summed E-state index contributed by atoms with van der Waals surface area (Å²) in [5, 5.41) is 4.51. The van der Waals surface area contributed by atoms with Crippen LogP contribution >= 0.6 is 0 Å². The molecule has 0 saturated carbocycles. The van der Waals surface area contributed by atoms with Gasteiger partial charge in [0.2, 0.25) is 6.79 Å². The minimum atomic E-state index is -0.110. The first-order valence-electron chi connectivity index (χ1n) is 12.5. The molecule has 1 fully saturated rings. The van der Waals surface area contributed by atoms with Gasteiger partial charge in [-0.3, -0.25) is 14.5 Å². The second-order valence-electron chi connectivity index (χ2n) is 9.96. The summed E-state index contributed by atoms with van der Waals surface area (Å²) in [7, 11) is 4.14. The van der Waals surface area contributed by atoms with E-state index in [0.717, 1.165) is 61.8 Å². The van der Waals surface area contributed by atoms with Crippen LogP contribution in [0.4, 0.5) is 4.39 Å². The van der Waals surface area contributed by atoms with Crippen LogP contribution < -0.4 is 9.47 Å². The van der Waals surface area contributed by atoms with E-state index in [-0.39, 0.29) is 11.9 Å². The van der Waals surface area contributed by atoms with Gasteiger partial charge in [0.1, 0.15) is 5.82 Å². The fourth-order valence-electron chi connectivity index (χ4n) is 5.61. The number of fused-ring (bicyclic) bond motifs is 1. The van der Waals surface area contributed by atoms with Gasteiger partial charge in [0.15, 0.2) is 11.5 Å². The number of hydrogen-bond donors (Lipinski definition) is 0. The third-order valence-electron chi connectivity index (χ3n) is 7.54. The lowest BCUT2D eigenvalue weighted by Crippen LogP contribution is -2.45. The van der Waals surface area contributed by atoms with Crippen molar-refractivity contribution in [1.29, 1.82) is 0 Å². The van der Waals surface area contributed by atoms with Crippen molar-refractivity contribution in [3.63, 3.8) is 0 Å². The number of hydrogen-bond acceptors (Lipinski definition) is 5. The van der Waals surface area contributed by atoms with Gasteiger partial charge in [0.25, 0.3) is 0 Å². The number of para-hydroxylation sites is 1. The first-order chi connectivity index (χ1) is 17.0. The number of aryl methyl sites for hydroxylation is 2. The van der Waals surface area contributed by atoms with Crippen LogP contribution in [0.3, 0.4) is 0 Å². The standard InChI is InChI=1S/C28H35FN4O2/c1-20-24(17-32(3)30-20)16-31(2)26(15-22-7-4-5-9-25(22)29)21-11-13-33(14-12-21)18-23-8-6-10-27-28(23)35-19-34-27/h4-10,17,21,26H,11-16,18-19H2,1-3H3/t26-/m0/s1. The average molecular weight is 479 g/mol. The highest BCUT2D eigenvalue weighted by Crippen LogP contribution is 2.37. The van der Waals surface area contributed by atoms with Crippen molar-refractivity contribution >= 4 is 0 Å². The van der Waals surface area contributed by atoms with Gasteiger partial charge >= 0.3 is 0 Å². The maximum absolute atomic E-state index is 14.6. The van der Waals surface area contributed by atoms with E-state index in [2.05, 4.69) is 41.1 Å². The van der Waals surface area contributed by atoms with Crippen LogP contribution in [0.25, 0.3) is 0 Å². The van der Waals surface area contributed by atoms with Crippen LogP contribution in [0.2, 0.25) is 0 Å². The number of halogens is 1. The second kappa shape index (κ2) is 10.4. The molecule has 0 N–H and O–H groups in total. The number of rotatable bonds is 8. The monoisotopic (exact) mass is 478 g/mol. The summed E-state index contributed by atoms with van der Waals surface area (Å²) in [5.74, 6) is 2.11. The first kappa shape index (κ1) is 23.8. The molecule has 1 atom stereocenters. The van der Waals surface area contributed by atoms with Crippen molar-refractivity contribution in [2.75, 3.05) is 26.9 Å². The predicted molar refractivity (Wildman–Crippen MR) is 134 cm³/mol. The Balaban J connectivity index is 1.28. The first-order valence-corrected chi connectivity index (χ1v) is 12.5. The molecule has 1 aromatic heterocycles. The van der Waals surface area contributed by atoms with Crippen molar-refractivity contribution in [3.8, 4) is 11.5 Å². The summed E-state index contributed by atoms with van der Waals surface area (Å²) in [6.07, 6.45) is 4.98. The van der Waals surface area contributed by atoms with Crippen molar-refractivity contribution < 1.29 is 13.9 Å². The van der Waals surface area contributed by atoms with Gasteiger partial charge < -0.3 is 9.47 Å². The molecule has 35 heavy (non-hydrogen) atoms. The Kier molecular flexibility index (Phi) is 7.07. The molecule has 2 aliphatic rings. The third-order valence-corrected chi connectivity index (χ3v) is 7.54. The number of aromatic nitrogens is 2. The predicted octanol–water partition coefficient (Wildman–Crippen LogP) is 4.55. The van der Waals surface area contributed by atoms with Crippen LogP contribution in [0, 0.1) is 18.7 Å². The van der Waals surface area contributed by atoms with E-state index in [1.54, 1.807) is 12.1 Å². The Morgan fingerprint density at radius 2 is 1.83 bits per heavy atom. The molecule has 3 heterocycles. The van der Waals surface area contributed by atoms with Crippen LogP contribution in [0.1, 0.15) is 35.2 Å². The highest BCUT2D eigenvalue weighted by atomic mass is 19.1. The molecule has 2 aliphatic heterocycles. The van der Waals surface area contributed by atoms with E-state index in [1.807, 2.05) is 36.0 Å². The number of likely N-dealkylation sites (N-methyl/N-ethyl adjacent to an activating group) is 1. The molecule has 0 aliphatic carbocycles. The van der Waals surface area contributed by atoms with E-state index in [4.69, 9.17) is 9.47 Å². The lowest BCUT2D eigenvalue weighted by Gasteiger charge is -2.40. The van der Waals surface area contributed by atoms with Crippen LogP contribution in [0.5, 0.6) is 11.5 Å². The fraction of sp³-hybridized carbons (Fsp3) is 0.464. The van der Waals surface area contributed by atoms with Gasteiger partial charge in [-0.15, -0.1) is 0 Å². The van der Waals surface area contributed by atoms with Gasteiger partial charge in [-0.1, -0.05) is 30.3 Å². The van der Waals surface area contributed by atoms with Crippen molar-refractivity contribution in [3.05, 3.63) is 76.9 Å². The van der Waals surface area contributed by atoms with E-state index >= 15 is 0 Å². The summed E-state index contributed by atoms with van der Waals surface area (Å²) < 4.78 is 27.8. The van der Waals surface area contributed by atoms with Gasteiger partial charge in [0.05, 0.1) is 5.69 Å². The van der Waals surface area contributed by atoms with E-state index in [1.165, 1.54) is 11.1 Å². The Bertz CT molecular complexity index is 1160. The van der Waals surface area contributed by atoms with Crippen molar-refractivity contribution in [2.24, 2.45) is 13.0 Å². The van der Waals surface area contributed by atoms with Gasteiger partial charge in [0, 0.05) is 43.5 Å². The summed E-state index contributed by atoms with van der Waals surface area (Å²) in [5.41, 5.74) is 4.27. The fourth-order valence-corrected chi connectivity index (χ4v) is 5.61. The molecule has 5 rings (SSSR count). The molecule has 1 saturated heterocycles. The van der Waals surface area contributed by atoms with E-state index in [9.17, 15) is 4.39 Å². The van der Waals surface area contributed by atoms with Crippen molar-refractivity contribution in [1.82, 2.24) is 19.6 Å². The summed E-state index contributed by atoms with van der Waals surface area (Å²) in [6, 6.07) is 13.6. The van der Waals surface area contributed by atoms with Crippen molar-refractivity contribution in [2.45, 2.75) is 45.3 Å². The normalized spacial score (nSPS) is 17.3. The second-order valence-corrected chi connectivity index (χ2v) is 9.96. The molecular weight excluding hydrogens is 443 g/mol. The highest BCUT2D eigenvalue weighted by Gasteiger charge is 2.31. The zero-order valence-electron chi connectivity index (χ0n) is 20.9. The number of benzene rings is 2. The van der Waals surface area contributed by atoms with Gasteiger partial charge in [-0.25, -0.2) is 4.39 Å². The minimum Gasteiger partial charge on any atom is -0.454 e. The SMILES string of the molecule is Cc1nn(C)cc1CN(C)[C@@H](Cc1ccccc1F)C1CCN(Cc2cccc3c2OCO3)CC1. The number of likely N-dealkylation sites (tertiary alicyclic amines) is 1. The Morgan fingerprint density at radius 3 is 2.57 bits per heavy atom. The lowest BCUT2D eigenvalue weighted by molar-refractivity contribution is 0.0942. The van der Waals surface area contributed by atoms with Gasteiger partial charge in [-0.05, 0) is 69.9 Å². The Morgan fingerprint density at radius 1 is 1.06 bits per heavy atom. The lowest BCUT2D eigenvalue weighted by atomic mass is 9.84. The number of piperidine rings is 1. The van der Waals surface area contributed by atoms with Crippen LogP contribution in [0.15, 0.2) is 48.7 Å². The average Bonchev–Trinajstić information content (AvgIpc) is 3.45. The van der Waals surface area contributed by atoms with Crippen LogP contribution in [-0.4, -0.2) is 52.6 Å². The topological polar surface area (TPSA) is 42.8 Å². The van der Waals surface area contributed by atoms with Crippen LogP contribution in [-0.2, 0) is 26.6 Å². The quantitative estimate of drug-likeness (QED) is 0.475. The minimum absolute atomic E-state index is 0.110. The number of nitrogens with zero attached hydrogens (tertiary/aromatic N) is 4. The Hall–Kier alpha value is -2.90. The number of ether oxygens (including phenoxy) is 2. The summed E-state index contributed by atoms with van der Waals surface area (Å²) in [4.78, 5) is 4.91. The van der Waals surface area contributed by atoms with Gasteiger partial charge in [-0.2, -0.15) is 5.10 Å². The zero-order valence-corrected chi connectivity index (χ0v) is 20.9. The molecule has 0 unspecified atom stereocenters. The molecule has 186 valence electrons. The smallest absolute Gasteiger partial charge is 0.231 e. The third kappa shape index (κ3) is 5.36. The van der Waals surface area contributed by atoms with E-state index in [0.29, 0.717) is 19.1 Å². The maximum atomic E-state index is 14.6. The summed E-state index contributed by atoms with van der Waals surface area (Å²) in [6.45, 7) is 6.07. The summed E-state index contributed by atoms with van der Waals surface area (Å²) >= 11 is 0. The van der Waals surface area contributed by atoms with E-state index < -0.39 is 0 Å². The molecule has 0 amide bonds. The molecule has 0 radical (unpaired) electrons. The molecule has 0 bridgehead atoms. The molecule has 7 heteroatoms. The Labute approximate surface area is 207 Å². The molecule has 6 nitrogen and oxygen atoms in total. The molecule has 3 aromatic rings. The highest BCUT2D eigenvalue weighted by molar-refractivity contribution is 5.48. The molecule has 0 spiro atoms.